The molecule has 0 radical (unpaired) electrons. The molecule has 1 aromatic carbocycles. The van der Waals surface area contributed by atoms with Crippen molar-refractivity contribution in [1.29, 1.82) is 0 Å². The van der Waals surface area contributed by atoms with E-state index in [-0.39, 0.29) is 6.04 Å². The van der Waals surface area contributed by atoms with Crippen LogP contribution in [-0.4, -0.2) is 19.9 Å². The van der Waals surface area contributed by atoms with Crippen LogP contribution in [0.15, 0.2) is 36.9 Å². The summed E-state index contributed by atoms with van der Waals surface area (Å²) in [6.45, 7) is 4.02. The summed E-state index contributed by atoms with van der Waals surface area (Å²) in [5.74, 6) is 1.59. The van der Waals surface area contributed by atoms with E-state index in [1.165, 1.54) is 0 Å². The van der Waals surface area contributed by atoms with Crippen molar-refractivity contribution in [1.82, 2.24) is 5.48 Å². The molecule has 0 spiro atoms. The minimum Gasteiger partial charge on any atom is -0.454 e. The van der Waals surface area contributed by atoms with Crippen LogP contribution >= 0.6 is 0 Å². The van der Waals surface area contributed by atoms with Crippen molar-refractivity contribution in [3.05, 3.63) is 42.5 Å². The fourth-order valence-corrected chi connectivity index (χ4v) is 1.74. The molecule has 1 aromatic rings. The highest BCUT2D eigenvalue weighted by Crippen LogP contribution is 2.32. The van der Waals surface area contributed by atoms with Crippen LogP contribution in [-0.2, 0) is 4.84 Å². The zero-order valence-corrected chi connectivity index (χ0v) is 10.4. The van der Waals surface area contributed by atoms with Crippen molar-refractivity contribution < 1.29 is 14.3 Å². The second-order valence-corrected chi connectivity index (χ2v) is 3.92. The molecule has 0 saturated heterocycles. The third kappa shape index (κ3) is 3.12. The molecular formula is C14H17NO3. The SMILES string of the molecule is C=CCC(/C=C/c1ccc2c(c1)OCO2)NOC. The number of hydrogen-bond donors (Lipinski definition) is 1. The Morgan fingerprint density at radius 1 is 1.44 bits per heavy atom. The summed E-state index contributed by atoms with van der Waals surface area (Å²) in [4.78, 5) is 4.93. The topological polar surface area (TPSA) is 39.7 Å². The van der Waals surface area contributed by atoms with Crippen molar-refractivity contribution >= 4 is 6.08 Å². The highest BCUT2D eigenvalue weighted by molar-refractivity contribution is 5.56. The Hall–Kier alpha value is -1.78. The summed E-state index contributed by atoms with van der Waals surface area (Å²) in [5, 5.41) is 0. The first-order chi connectivity index (χ1) is 8.83. The number of benzene rings is 1. The fraction of sp³-hybridized carbons (Fsp3) is 0.286. The molecule has 1 atom stereocenters. The number of hydrogen-bond acceptors (Lipinski definition) is 4. The van der Waals surface area contributed by atoms with E-state index in [0.717, 1.165) is 23.5 Å². The van der Waals surface area contributed by atoms with Gasteiger partial charge in [0, 0.05) is 0 Å². The van der Waals surface area contributed by atoms with Gasteiger partial charge in [-0.25, -0.2) is 0 Å². The second-order valence-electron chi connectivity index (χ2n) is 3.92. The predicted molar refractivity (Wildman–Crippen MR) is 70.3 cm³/mol. The van der Waals surface area contributed by atoms with Crippen molar-refractivity contribution in [2.45, 2.75) is 12.5 Å². The maximum atomic E-state index is 5.33. The first-order valence-corrected chi connectivity index (χ1v) is 5.80. The molecule has 0 aliphatic carbocycles. The Balaban J connectivity index is 2.05. The van der Waals surface area contributed by atoms with Gasteiger partial charge in [0.25, 0.3) is 0 Å². The lowest BCUT2D eigenvalue weighted by molar-refractivity contribution is 0.0746. The Bertz CT molecular complexity index is 443. The molecule has 4 heteroatoms. The van der Waals surface area contributed by atoms with E-state index in [1.807, 2.05) is 36.4 Å². The zero-order chi connectivity index (χ0) is 12.8. The second kappa shape index (κ2) is 6.23. The van der Waals surface area contributed by atoms with Crippen LogP contribution in [0.3, 0.4) is 0 Å². The highest BCUT2D eigenvalue weighted by atomic mass is 16.7. The molecule has 1 unspecified atom stereocenters. The van der Waals surface area contributed by atoms with Crippen LogP contribution in [0.1, 0.15) is 12.0 Å². The largest absolute Gasteiger partial charge is 0.454 e. The molecule has 0 bridgehead atoms. The van der Waals surface area contributed by atoms with E-state index in [2.05, 4.69) is 12.1 Å². The van der Waals surface area contributed by atoms with Gasteiger partial charge in [0.05, 0.1) is 13.2 Å². The van der Waals surface area contributed by atoms with Gasteiger partial charge in [-0.3, -0.25) is 0 Å². The normalized spacial score (nSPS) is 14.9. The van der Waals surface area contributed by atoms with Gasteiger partial charge in [-0.15, -0.1) is 6.58 Å². The first-order valence-electron chi connectivity index (χ1n) is 5.80. The molecule has 96 valence electrons. The van der Waals surface area contributed by atoms with Crippen molar-refractivity contribution in [3.63, 3.8) is 0 Å². The van der Waals surface area contributed by atoms with Gasteiger partial charge >= 0.3 is 0 Å². The number of nitrogens with one attached hydrogen (secondary N) is 1. The minimum absolute atomic E-state index is 0.109. The van der Waals surface area contributed by atoms with Gasteiger partial charge in [0.15, 0.2) is 11.5 Å². The molecule has 0 fully saturated rings. The summed E-state index contributed by atoms with van der Waals surface area (Å²) in [6, 6.07) is 5.96. The lowest BCUT2D eigenvalue weighted by Crippen LogP contribution is -2.25. The van der Waals surface area contributed by atoms with Gasteiger partial charge < -0.3 is 14.3 Å². The van der Waals surface area contributed by atoms with E-state index in [0.29, 0.717) is 6.79 Å². The summed E-state index contributed by atoms with van der Waals surface area (Å²) < 4.78 is 10.6. The third-order valence-electron chi connectivity index (χ3n) is 2.61. The molecule has 1 N–H and O–H groups in total. The molecule has 4 nitrogen and oxygen atoms in total. The Labute approximate surface area is 107 Å². The molecule has 1 heterocycles. The van der Waals surface area contributed by atoms with Gasteiger partial charge in [-0.05, 0) is 24.1 Å². The predicted octanol–water partition coefficient (Wildman–Crippen LogP) is 2.52. The van der Waals surface area contributed by atoms with E-state index in [1.54, 1.807) is 7.11 Å². The van der Waals surface area contributed by atoms with Gasteiger partial charge in [0.1, 0.15) is 0 Å². The van der Waals surface area contributed by atoms with Gasteiger partial charge in [-0.2, -0.15) is 5.48 Å². The molecule has 18 heavy (non-hydrogen) atoms. The van der Waals surface area contributed by atoms with Crippen LogP contribution in [0.5, 0.6) is 11.5 Å². The van der Waals surface area contributed by atoms with Crippen LogP contribution in [0.4, 0.5) is 0 Å². The molecule has 1 aliphatic heterocycles. The van der Waals surface area contributed by atoms with E-state index >= 15 is 0 Å². The number of fused-ring (bicyclic) bond motifs is 1. The van der Waals surface area contributed by atoms with Crippen LogP contribution < -0.4 is 15.0 Å². The smallest absolute Gasteiger partial charge is 0.231 e. The van der Waals surface area contributed by atoms with E-state index in [9.17, 15) is 0 Å². The summed E-state index contributed by atoms with van der Waals surface area (Å²) in [7, 11) is 1.60. The van der Waals surface area contributed by atoms with Crippen molar-refractivity contribution in [2.24, 2.45) is 0 Å². The van der Waals surface area contributed by atoms with Gasteiger partial charge in [0.2, 0.25) is 6.79 Å². The average molecular weight is 247 g/mol. The first kappa shape index (κ1) is 12.7. The molecule has 0 amide bonds. The third-order valence-corrected chi connectivity index (χ3v) is 2.61. The Morgan fingerprint density at radius 3 is 3.06 bits per heavy atom. The Kier molecular flexibility index (Phi) is 4.39. The minimum atomic E-state index is 0.109. The molecular weight excluding hydrogens is 230 g/mol. The Morgan fingerprint density at radius 2 is 2.28 bits per heavy atom. The highest BCUT2D eigenvalue weighted by Gasteiger charge is 2.12. The zero-order valence-electron chi connectivity index (χ0n) is 10.4. The van der Waals surface area contributed by atoms with Crippen LogP contribution in [0.2, 0.25) is 0 Å². The van der Waals surface area contributed by atoms with Crippen molar-refractivity contribution in [2.75, 3.05) is 13.9 Å². The summed E-state index contributed by atoms with van der Waals surface area (Å²) >= 11 is 0. The fourth-order valence-electron chi connectivity index (χ4n) is 1.74. The molecule has 0 aromatic heterocycles. The van der Waals surface area contributed by atoms with E-state index < -0.39 is 0 Å². The van der Waals surface area contributed by atoms with Crippen LogP contribution in [0, 0.1) is 0 Å². The average Bonchev–Trinajstić information content (AvgIpc) is 2.84. The molecule has 1 aliphatic rings. The quantitative estimate of drug-likeness (QED) is 0.619. The van der Waals surface area contributed by atoms with E-state index in [4.69, 9.17) is 14.3 Å². The molecule has 2 rings (SSSR count). The number of rotatable bonds is 6. The lowest BCUT2D eigenvalue weighted by atomic mass is 10.1. The monoisotopic (exact) mass is 247 g/mol. The number of hydroxylamine groups is 1. The summed E-state index contributed by atoms with van der Waals surface area (Å²) in [5.41, 5.74) is 3.95. The maximum absolute atomic E-state index is 5.33. The standard InChI is InChI=1S/C14H17NO3/c1-3-4-12(15-16-2)7-5-11-6-8-13-14(9-11)18-10-17-13/h3,5-9,12,15H,1,4,10H2,2H3/b7-5+. The summed E-state index contributed by atoms with van der Waals surface area (Å²) in [6.07, 6.45) is 6.69. The van der Waals surface area contributed by atoms with Crippen LogP contribution in [0.25, 0.3) is 6.08 Å². The maximum Gasteiger partial charge on any atom is 0.231 e. The lowest BCUT2D eigenvalue weighted by Gasteiger charge is -2.10. The molecule has 0 saturated carbocycles. The van der Waals surface area contributed by atoms with Crippen molar-refractivity contribution in [3.8, 4) is 11.5 Å². The number of ether oxygens (including phenoxy) is 2. The van der Waals surface area contributed by atoms with Gasteiger partial charge in [-0.1, -0.05) is 24.3 Å².